The molecule has 4 rings (SSSR count). The van der Waals surface area contributed by atoms with Gasteiger partial charge in [-0.1, -0.05) is 72.3 Å². The molecular weight excluding hydrogens is 666 g/mol. The number of likely N-dealkylation sites (tertiary alicyclic amines) is 1. The molecule has 258 valence electrons. The van der Waals surface area contributed by atoms with Gasteiger partial charge in [0.1, 0.15) is 17.7 Å². The second kappa shape index (κ2) is 15.0. The summed E-state index contributed by atoms with van der Waals surface area (Å²) in [6.07, 6.45) is 3.35. The smallest absolute Gasteiger partial charge is 0.313 e. The summed E-state index contributed by atoms with van der Waals surface area (Å²) in [7, 11) is 0. The first-order valence-electron chi connectivity index (χ1n) is 16.5. The van der Waals surface area contributed by atoms with Crippen molar-refractivity contribution in [2.75, 3.05) is 19.7 Å². The highest BCUT2D eigenvalue weighted by molar-refractivity contribution is 9.09. The van der Waals surface area contributed by atoms with Crippen LogP contribution in [0.15, 0.2) is 55.6 Å². The maximum atomic E-state index is 14.7. The number of allylic oxidation sites excluding steroid dienone is 1. The summed E-state index contributed by atoms with van der Waals surface area (Å²) in [6.45, 7) is 17.2. The Labute approximate surface area is 287 Å². The van der Waals surface area contributed by atoms with Crippen molar-refractivity contribution < 1.29 is 33.8 Å². The molecule has 1 unspecified atom stereocenters. The lowest BCUT2D eigenvalue weighted by Crippen LogP contribution is -2.62. The van der Waals surface area contributed by atoms with Gasteiger partial charge in [0.2, 0.25) is 17.7 Å². The number of halogens is 1. The van der Waals surface area contributed by atoms with Crippen LogP contribution in [-0.2, 0) is 28.7 Å². The number of alkyl halides is 1. The van der Waals surface area contributed by atoms with Gasteiger partial charge in [-0.3, -0.25) is 19.2 Å². The first-order valence-corrected chi connectivity index (χ1v) is 17.4. The predicted octanol–water partition coefficient (Wildman–Crippen LogP) is 4.32. The van der Waals surface area contributed by atoms with E-state index >= 15 is 0 Å². The van der Waals surface area contributed by atoms with E-state index in [1.807, 2.05) is 65.0 Å². The number of aliphatic hydroxyl groups excluding tert-OH is 1. The van der Waals surface area contributed by atoms with Crippen molar-refractivity contribution in [2.24, 2.45) is 17.8 Å². The van der Waals surface area contributed by atoms with Gasteiger partial charge in [-0.2, -0.15) is 0 Å². The zero-order valence-corrected chi connectivity index (χ0v) is 29.8. The number of rotatable bonds is 15. The van der Waals surface area contributed by atoms with Crippen molar-refractivity contribution >= 4 is 39.6 Å². The number of nitrogens with zero attached hydrogens (tertiary/aromatic N) is 2. The molecule has 2 bridgehead atoms. The van der Waals surface area contributed by atoms with Crippen LogP contribution in [0.2, 0.25) is 0 Å². The summed E-state index contributed by atoms with van der Waals surface area (Å²) < 4.78 is 12.8. The Bertz CT molecular complexity index is 1330. The van der Waals surface area contributed by atoms with Crippen LogP contribution < -0.4 is 5.32 Å². The molecule has 8 atom stereocenters. The minimum Gasteiger partial charge on any atom is -0.455 e. The van der Waals surface area contributed by atoms with E-state index in [9.17, 15) is 24.3 Å². The lowest BCUT2D eigenvalue weighted by atomic mass is 9.70. The maximum Gasteiger partial charge on any atom is 0.313 e. The average molecular weight is 717 g/mol. The highest BCUT2D eigenvalue weighted by atomic mass is 79.9. The number of hydrogen-bond acceptors (Lipinski definition) is 7. The molecule has 3 amide bonds. The van der Waals surface area contributed by atoms with Crippen LogP contribution in [0, 0.1) is 17.8 Å². The van der Waals surface area contributed by atoms with E-state index in [1.54, 1.807) is 17.1 Å². The average Bonchev–Trinajstić information content (AvgIpc) is 3.62. The molecule has 2 N–H and O–H groups in total. The molecule has 3 aliphatic heterocycles. The van der Waals surface area contributed by atoms with E-state index in [1.165, 1.54) is 4.90 Å². The molecule has 0 aliphatic carbocycles. The molecule has 3 heterocycles. The summed E-state index contributed by atoms with van der Waals surface area (Å²) in [5, 5.41) is 13.4. The number of amides is 3. The standard InChI is InChI=1S/C36H50BrN3O7/c1-8-10-16-27(42)38-20-26(23-14-12-11-13-15-23)46-34(45)28-29-32(43)40(24(21-41)18-22(3)4)31(36(29)19-25(37)30(28)47-36)33(44)39(17-9-2)35(5,6)7/h8-9,11-15,22,24-26,28-31,41H,1-2,10,16-21H2,3-7H3,(H,38,42)/t24-,25?,26+,28+,29-,30+,31+,36-/m1/s1. The van der Waals surface area contributed by atoms with E-state index in [0.29, 0.717) is 24.8 Å². The van der Waals surface area contributed by atoms with E-state index in [-0.39, 0.29) is 48.7 Å². The number of esters is 1. The number of ether oxygens (including phenoxy) is 2. The van der Waals surface area contributed by atoms with Gasteiger partial charge in [0.25, 0.3) is 0 Å². The molecule has 3 aliphatic rings. The molecule has 1 aromatic carbocycles. The molecule has 11 heteroatoms. The van der Waals surface area contributed by atoms with Crippen molar-refractivity contribution in [1.82, 2.24) is 15.1 Å². The van der Waals surface area contributed by atoms with Gasteiger partial charge < -0.3 is 29.7 Å². The van der Waals surface area contributed by atoms with Crippen LogP contribution in [0.1, 0.15) is 72.0 Å². The molecule has 0 saturated carbocycles. The number of aliphatic hydroxyl groups is 1. The van der Waals surface area contributed by atoms with E-state index in [4.69, 9.17) is 9.47 Å². The summed E-state index contributed by atoms with van der Waals surface area (Å²) in [5.41, 5.74) is -1.23. The van der Waals surface area contributed by atoms with Gasteiger partial charge in [0, 0.05) is 23.3 Å². The third-order valence-corrected chi connectivity index (χ3v) is 10.3. The fourth-order valence-corrected chi connectivity index (χ4v) is 8.39. The Balaban J connectivity index is 1.73. The van der Waals surface area contributed by atoms with Gasteiger partial charge >= 0.3 is 5.97 Å². The molecule has 3 fully saturated rings. The molecule has 47 heavy (non-hydrogen) atoms. The van der Waals surface area contributed by atoms with Crippen LogP contribution in [0.3, 0.4) is 0 Å². The first kappa shape index (κ1) is 36.8. The summed E-state index contributed by atoms with van der Waals surface area (Å²) in [4.78, 5) is 58.9. The third kappa shape index (κ3) is 7.37. The second-order valence-electron chi connectivity index (χ2n) is 14.3. The Morgan fingerprint density at radius 3 is 2.47 bits per heavy atom. The molecule has 3 saturated heterocycles. The van der Waals surface area contributed by atoms with E-state index < -0.39 is 59.1 Å². The summed E-state index contributed by atoms with van der Waals surface area (Å²) in [5.74, 6) is -3.42. The zero-order chi connectivity index (χ0) is 34.7. The van der Waals surface area contributed by atoms with Gasteiger partial charge in [-0.25, -0.2) is 0 Å². The van der Waals surface area contributed by atoms with Crippen LogP contribution in [-0.4, -0.2) is 92.4 Å². The first-order chi connectivity index (χ1) is 22.2. The van der Waals surface area contributed by atoms with E-state index in [2.05, 4.69) is 34.4 Å². The maximum absolute atomic E-state index is 14.7. The Morgan fingerprint density at radius 2 is 1.89 bits per heavy atom. The number of carbonyl (C=O) groups is 4. The van der Waals surface area contributed by atoms with Crippen LogP contribution >= 0.6 is 15.9 Å². The number of benzene rings is 1. The fourth-order valence-electron chi connectivity index (χ4n) is 7.44. The highest BCUT2D eigenvalue weighted by Crippen LogP contribution is 2.61. The van der Waals surface area contributed by atoms with Crippen molar-refractivity contribution in [2.45, 2.75) is 101 Å². The van der Waals surface area contributed by atoms with Crippen molar-refractivity contribution in [3.05, 3.63) is 61.2 Å². The van der Waals surface area contributed by atoms with Crippen molar-refractivity contribution in [3.63, 3.8) is 0 Å². The molecule has 0 aromatic heterocycles. The predicted molar refractivity (Wildman–Crippen MR) is 182 cm³/mol. The number of carbonyl (C=O) groups excluding carboxylic acids is 4. The van der Waals surface area contributed by atoms with Crippen molar-refractivity contribution in [1.29, 1.82) is 0 Å². The molecule has 10 nitrogen and oxygen atoms in total. The Kier molecular flexibility index (Phi) is 11.8. The summed E-state index contributed by atoms with van der Waals surface area (Å²) >= 11 is 3.72. The van der Waals surface area contributed by atoms with Crippen LogP contribution in [0.25, 0.3) is 0 Å². The lowest BCUT2D eigenvalue weighted by molar-refractivity contribution is -0.161. The third-order valence-electron chi connectivity index (χ3n) is 9.46. The topological polar surface area (TPSA) is 125 Å². The number of hydrogen-bond donors (Lipinski definition) is 2. The normalized spacial score (nSPS) is 27.7. The molecule has 1 spiro atoms. The van der Waals surface area contributed by atoms with Crippen molar-refractivity contribution in [3.8, 4) is 0 Å². The summed E-state index contributed by atoms with van der Waals surface area (Å²) in [6, 6.07) is 7.40. The minimum absolute atomic E-state index is 0.0434. The number of nitrogens with one attached hydrogen (secondary N) is 1. The van der Waals surface area contributed by atoms with Gasteiger partial charge in [0.05, 0.1) is 37.1 Å². The lowest BCUT2D eigenvalue weighted by Gasteiger charge is -2.43. The van der Waals surface area contributed by atoms with Crippen LogP contribution in [0.5, 0.6) is 0 Å². The SMILES string of the molecule is C=CCCC(=O)NC[C@H](OC(=O)[C@@H]1[C@H]2O[C@@]3(CC2Br)[C@H](C(=O)N(CC=C)C(C)(C)C)N([C@@H](CO)CC(C)C)C(=O)[C@@H]13)c1ccccc1. The second-order valence-corrected chi connectivity index (χ2v) is 15.4. The Morgan fingerprint density at radius 1 is 1.21 bits per heavy atom. The fraction of sp³-hybridized carbons (Fsp3) is 0.611. The monoisotopic (exact) mass is 715 g/mol. The molecule has 1 aromatic rings. The highest BCUT2D eigenvalue weighted by Gasteiger charge is 2.77. The van der Waals surface area contributed by atoms with Gasteiger partial charge in [-0.15, -0.1) is 13.2 Å². The zero-order valence-electron chi connectivity index (χ0n) is 28.2. The quantitative estimate of drug-likeness (QED) is 0.157. The number of fused-ring (bicyclic) bond motifs is 1. The Hall–Kier alpha value is -3.02. The molecule has 0 radical (unpaired) electrons. The van der Waals surface area contributed by atoms with Gasteiger partial charge in [-0.05, 0) is 51.5 Å². The van der Waals surface area contributed by atoms with E-state index in [0.717, 1.165) is 0 Å². The minimum atomic E-state index is -1.31. The van der Waals surface area contributed by atoms with Crippen LogP contribution in [0.4, 0.5) is 0 Å². The van der Waals surface area contributed by atoms with Gasteiger partial charge in [0.15, 0.2) is 0 Å². The largest absolute Gasteiger partial charge is 0.455 e. The molecular formula is C36H50BrN3O7.